The third-order valence-electron chi connectivity index (χ3n) is 1.96. The predicted molar refractivity (Wildman–Crippen MR) is 82.3 cm³/mol. The van der Waals surface area contributed by atoms with Crippen LogP contribution in [-0.2, 0) is 21.9 Å². The van der Waals surface area contributed by atoms with E-state index in [1.54, 1.807) is 14.2 Å². The Morgan fingerprint density at radius 1 is 0.714 bits per heavy atom. The van der Waals surface area contributed by atoms with Crippen LogP contribution < -0.4 is 9.47 Å². The van der Waals surface area contributed by atoms with Crippen molar-refractivity contribution < 1.29 is 31.3 Å². The summed E-state index contributed by atoms with van der Waals surface area (Å²) in [4.78, 5) is 9.44. The maximum Gasteiger partial charge on any atom is 0.126 e. The topological polar surface area (TPSA) is 35.5 Å². The molecule has 21 heavy (non-hydrogen) atoms. The number of para-hydroxylation sites is 2. The van der Waals surface area contributed by atoms with Gasteiger partial charge in [0.2, 0.25) is 0 Å². The van der Waals surface area contributed by atoms with Gasteiger partial charge in [-0.05, 0) is 38.1 Å². The van der Waals surface area contributed by atoms with E-state index in [1.807, 2.05) is 60.7 Å². The second kappa shape index (κ2) is 14.6. The summed E-state index contributed by atoms with van der Waals surface area (Å²) >= 11 is 0. The third kappa shape index (κ3) is 14.4. The second-order valence-electron chi connectivity index (χ2n) is 3.94. The number of methoxy groups -OCH3 is 2. The maximum absolute atomic E-state index is 9.44. The number of rotatable bonds is 2. The van der Waals surface area contributed by atoms with Crippen LogP contribution in [0.4, 0.5) is 0 Å². The average Bonchev–Trinajstić information content (AvgIpc) is 2.49. The fourth-order valence-electron chi connectivity index (χ4n) is 1.11. The zero-order valence-electron chi connectivity index (χ0n) is 12.9. The number of hydrogen-bond acceptors (Lipinski definition) is 3. The zero-order chi connectivity index (χ0) is 15.2. The molecule has 0 aliphatic heterocycles. The molecular formula is C17H22FeO3. The monoisotopic (exact) mass is 330 g/mol. The molecule has 0 saturated heterocycles. The fraction of sp³-hybridized carbons (Fsp3) is 0.235. The minimum atomic E-state index is 0. The summed E-state index contributed by atoms with van der Waals surface area (Å²) in [6.45, 7) is 3.06. The fourth-order valence-corrected chi connectivity index (χ4v) is 1.11. The van der Waals surface area contributed by atoms with Gasteiger partial charge in [0.25, 0.3) is 0 Å². The van der Waals surface area contributed by atoms with Gasteiger partial charge in [0, 0.05) is 17.1 Å². The van der Waals surface area contributed by atoms with Crippen molar-refractivity contribution >= 4 is 5.78 Å². The Morgan fingerprint density at radius 3 is 1.10 bits per heavy atom. The molecule has 0 N–H and O–H groups in total. The summed E-state index contributed by atoms with van der Waals surface area (Å²) in [7, 11) is 3.32. The molecule has 4 heteroatoms. The molecule has 0 aliphatic rings. The molecule has 0 saturated carbocycles. The predicted octanol–water partition coefficient (Wildman–Crippen LogP) is 3.98. The average molecular weight is 330 g/mol. The number of carbonyl (C=O) groups is 1. The summed E-state index contributed by atoms with van der Waals surface area (Å²) in [6.07, 6.45) is 0. The molecule has 0 bridgehead atoms. The Bertz CT molecular complexity index is 414. The van der Waals surface area contributed by atoms with Crippen LogP contribution in [0.25, 0.3) is 0 Å². The van der Waals surface area contributed by atoms with E-state index < -0.39 is 0 Å². The molecule has 0 atom stereocenters. The van der Waals surface area contributed by atoms with Crippen LogP contribution in [0.15, 0.2) is 60.7 Å². The molecule has 116 valence electrons. The van der Waals surface area contributed by atoms with E-state index in [2.05, 4.69) is 0 Å². The summed E-state index contributed by atoms with van der Waals surface area (Å²) in [5, 5.41) is 0. The van der Waals surface area contributed by atoms with Gasteiger partial charge < -0.3 is 14.3 Å². The molecule has 0 heterocycles. The van der Waals surface area contributed by atoms with E-state index in [-0.39, 0.29) is 22.9 Å². The van der Waals surface area contributed by atoms with Crippen LogP contribution in [0.1, 0.15) is 13.8 Å². The van der Waals surface area contributed by atoms with Crippen LogP contribution in [0, 0.1) is 0 Å². The molecular weight excluding hydrogens is 308 g/mol. The van der Waals surface area contributed by atoms with Gasteiger partial charge in [-0.25, -0.2) is 0 Å². The van der Waals surface area contributed by atoms with Crippen LogP contribution in [0.5, 0.6) is 11.5 Å². The second-order valence-corrected chi connectivity index (χ2v) is 3.94. The maximum atomic E-state index is 9.44. The normalized spacial score (nSPS) is 7.81. The minimum Gasteiger partial charge on any atom is -0.497 e. The molecule has 2 aromatic carbocycles. The van der Waals surface area contributed by atoms with Gasteiger partial charge >= 0.3 is 0 Å². The van der Waals surface area contributed by atoms with Crippen LogP contribution >= 0.6 is 0 Å². The quantitative estimate of drug-likeness (QED) is 0.781. The van der Waals surface area contributed by atoms with Crippen molar-refractivity contribution in [2.24, 2.45) is 0 Å². The van der Waals surface area contributed by atoms with Gasteiger partial charge in [0.05, 0.1) is 14.2 Å². The first-order valence-electron chi connectivity index (χ1n) is 6.25. The first-order valence-corrected chi connectivity index (χ1v) is 6.25. The van der Waals surface area contributed by atoms with Gasteiger partial charge in [-0.2, -0.15) is 0 Å². The Labute approximate surface area is 137 Å². The van der Waals surface area contributed by atoms with E-state index in [0.717, 1.165) is 11.5 Å². The number of hydrogen-bond donors (Lipinski definition) is 0. The van der Waals surface area contributed by atoms with Crippen molar-refractivity contribution in [3.63, 3.8) is 0 Å². The van der Waals surface area contributed by atoms with Crippen molar-refractivity contribution in [2.75, 3.05) is 14.2 Å². The molecule has 0 aromatic heterocycles. The van der Waals surface area contributed by atoms with Crippen molar-refractivity contribution in [3.05, 3.63) is 60.7 Å². The van der Waals surface area contributed by atoms with E-state index in [1.165, 1.54) is 13.8 Å². The van der Waals surface area contributed by atoms with E-state index >= 15 is 0 Å². The Balaban J connectivity index is 0. The van der Waals surface area contributed by atoms with Crippen molar-refractivity contribution in [1.29, 1.82) is 0 Å². The Morgan fingerprint density at radius 2 is 0.952 bits per heavy atom. The van der Waals surface area contributed by atoms with Crippen LogP contribution in [-0.4, -0.2) is 20.0 Å². The first-order chi connectivity index (χ1) is 9.60. The number of benzene rings is 2. The summed E-state index contributed by atoms with van der Waals surface area (Å²) < 4.78 is 9.83. The van der Waals surface area contributed by atoms with E-state index in [9.17, 15) is 4.79 Å². The van der Waals surface area contributed by atoms with Crippen LogP contribution in [0.3, 0.4) is 0 Å². The molecule has 0 unspecified atom stereocenters. The minimum absolute atomic E-state index is 0. The first kappa shape index (κ1) is 21.5. The van der Waals surface area contributed by atoms with Gasteiger partial charge in [0.15, 0.2) is 0 Å². The van der Waals surface area contributed by atoms with Gasteiger partial charge in [0.1, 0.15) is 17.3 Å². The molecule has 0 amide bonds. The van der Waals surface area contributed by atoms with E-state index in [0.29, 0.717) is 0 Å². The van der Waals surface area contributed by atoms with E-state index in [4.69, 9.17) is 9.47 Å². The number of Topliss-reactive ketones (excluding diaryl/α,β-unsaturated/α-hetero) is 1. The zero-order valence-corrected chi connectivity index (χ0v) is 14.0. The standard InChI is InChI=1S/2C7H8O.C3H6O.Fe/c2*1-8-7-5-3-2-4-6-7;1-3(2)4;/h2*2-6H,1H3;1-2H3;. The molecule has 2 rings (SSSR count). The smallest absolute Gasteiger partial charge is 0.126 e. The number of ketones is 1. The number of ether oxygens (including phenoxy) is 2. The number of carbonyl (C=O) groups excluding carboxylic acids is 1. The molecule has 3 nitrogen and oxygen atoms in total. The largest absolute Gasteiger partial charge is 0.497 e. The molecule has 0 fully saturated rings. The Kier molecular flexibility index (Phi) is 15.0. The summed E-state index contributed by atoms with van der Waals surface area (Å²) in [6, 6.07) is 19.4. The molecule has 0 spiro atoms. The molecule has 0 radical (unpaired) electrons. The Hall–Kier alpha value is -1.77. The summed E-state index contributed by atoms with van der Waals surface area (Å²) in [5.74, 6) is 1.99. The van der Waals surface area contributed by atoms with Gasteiger partial charge in [-0.3, -0.25) is 0 Å². The van der Waals surface area contributed by atoms with Gasteiger partial charge in [-0.15, -0.1) is 0 Å². The van der Waals surface area contributed by atoms with Crippen LogP contribution in [0.2, 0.25) is 0 Å². The van der Waals surface area contributed by atoms with Gasteiger partial charge in [-0.1, -0.05) is 36.4 Å². The summed E-state index contributed by atoms with van der Waals surface area (Å²) in [5.41, 5.74) is 0. The molecule has 2 aromatic rings. The third-order valence-corrected chi connectivity index (χ3v) is 1.96. The van der Waals surface area contributed by atoms with Crippen molar-refractivity contribution in [1.82, 2.24) is 0 Å². The van der Waals surface area contributed by atoms with Crippen molar-refractivity contribution in [2.45, 2.75) is 13.8 Å². The van der Waals surface area contributed by atoms with Crippen molar-refractivity contribution in [3.8, 4) is 11.5 Å². The SMILES string of the molecule is CC(C)=O.COc1ccccc1.COc1ccccc1.[Fe]. The molecule has 0 aliphatic carbocycles.